The van der Waals surface area contributed by atoms with E-state index in [2.05, 4.69) is 16.3 Å². The molecule has 1 N–H and O–H groups in total. The second kappa shape index (κ2) is 5.12. The molecule has 0 radical (unpaired) electrons. The van der Waals surface area contributed by atoms with Crippen molar-refractivity contribution in [3.63, 3.8) is 0 Å². The number of rotatable bonds is 1. The van der Waals surface area contributed by atoms with Gasteiger partial charge in [0.15, 0.2) is 0 Å². The molecule has 2 aliphatic rings. The summed E-state index contributed by atoms with van der Waals surface area (Å²) in [7, 11) is 0. The van der Waals surface area contributed by atoms with Crippen LogP contribution >= 0.6 is 0 Å². The zero-order valence-corrected chi connectivity index (χ0v) is 11.7. The molecule has 1 aromatic rings. The average Bonchev–Trinajstić information content (AvgIpc) is 2.74. The Morgan fingerprint density at radius 3 is 2.74 bits per heavy atom. The molecule has 1 heterocycles. The van der Waals surface area contributed by atoms with Crippen LogP contribution in [0.25, 0.3) is 0 Å². The lowest BCUT2D eigenvalue weighted by Gasteiger charge is -2.34. The fourth-order valence-corrected chi connectivity index (χ4v) is 3.51. The second-order valence-corrected chi connectivity index (χ2v) is 6.12. The molecule has 1 aliphatic carbocycles. The highest BCUT2D eigenvalue weighted by Crippen LogP contribution is 2.33. The standard InChI is InChI=1S/C16H23FN2/c1-13-5-6-14(11-15(13)17)19-10-4-9-18-16(12-19)7-2-3-8-16/h5-6,11,18H,2-4,7-10,12H2,1H3. The van der Waals surface area contributed by atoms with Crippen LogP contribution in [-0.4, -0.2) is 25.2 Å². The number of hydrogen-bond donors (Lipinski definition) is 1. The third-order valence-corrected chi connectivity index (χ3v) is 4.68. The van der Waals surface area contributed by atoms with Gasteiger partial charge in [-0.1, -0.05) is 18.9 Å². The van der Waals surface area contributed by atoms with Gasteiger partial charge in [0.1, 0.15) is 5.82 Å². The van der Waals surface area contributed by atoms with Gasteiger partial charge in [0.05, 0.1) is 0 Å². The molecule has 3 heteroatoms. The number of hydrogen-bond acceptors (Lipinski definition) is 2. The minimum Gasteiger partial charge on any atom is -0.370 e. The van der Waals surface area contributed by atoms with Crippen LogP contribution in [0.15, 0.2) is 18.2 Å². The first kappa shape index (κ1) is 12.9. The zero-order valence-electron chi connectivity index (χ0n) is 11.7. The van der Waals surface area contributed by atoms with E-state index in [0.29, 0.717) is 0 Å². The Kier molecular flexibility index (Phi) is 3.48. The molecule has 0 aromatic heterocycles. The largest absolute Gasteiger partial charge is 0.370 e. The normalized spacial score (nSPS) is 22.7. The molecule has 104 valence electrons. The first-order valence-electron chi connectivity index (χ1n) is 7.45. The summed E-state index contributed by atoms with van der Waals surface area (Å²) in [5.74, 6) is -0.0878. The van der Waals surface area contributed by atoms with E-state index in [0.717, 1.165) is 37.3 Å². The molecule has 1 saturated heterocycles. The van der Waals surface area contributed by atoms with Crippen molar-refractivity contribution in [1.29, 1.82) is 0 Å². The monoisotopic (exact) mass is 262 g/mol. The summed E-state index contributed by atoms with van der Waals surface area (Å²) in [6.45, 7) is 4.96. The Labute approximate surface area is 115 Å². The number of benzene rings is 1. The lowest BCUT2D eigenvalue weighted by atomic mass is 9.97. The van der Waals surface area contributed by atoms with Crippen LogP contribution in [0.5, 0.6) is 0 Å². The molecule has 3 rings (SSSR count). The van der Waals surface area contributed by atoms with Crippen molar-refractivity contribution in [2.45, 2.75) is 44.6 Å². The highest BCUT2D eigenvalue weighted by atomic mass is 19.1. The van der Waals surface area contributed by atoms with Crippen LogP contribution in [0, 0.1) is 12.7 Å². The molecule has 0 bridgehead atoms. The Balaban J connectivity index is 1.84. The fraction of sp³-hybridized carbons (Fsp3) is 0.625. The van der Waals surface area contributed by atoms with E-state index >= 15 is 0 Å². The van der Waals surface area contributed by atoms with Gasteiger partial charge in [0.2, 0.25) is 0 Å². The number of nitrogens with one attached hydrogen (secondary N) is 1. The van der Waals surface area contributed by atoms with Gasteiger partial charge in [-0.3, -0.25) is 0 Å². The van der Waals surface area contributed by atoms with Gasteiger partial charge in [0, 0.05) is 24.3 Å². The van der Waals surface area contributed by atoms with Gasteiger partial charge in [-0.05, 0) is 50.4 Å². The molecule has 0 atom stereocenters. The summed E-state index contributed by atoms with van der Waals surface area (Å²) >= 11 is 0. The van der Waals surface area contributed by atoms with Gasteiger partial charge in [-0.25, -0.2) is 4.39 Å². The highest BCUT2D eigenvalue weighted by Gasteiger charge is 2.36. The molecular formula is C16H23FN2. The third kappa shape index (κ3) is 2.62. The minimum atomic E-state index is -0.0878. The lowest BCUT2D eigenvalue weighted by Crippen LogP contribution is -2.49. The van der Waals surface area contributed by atoms with Gasteiger partial charge < -0.3 is 10.2 Å². The van der Waals surface area contributed by atoms with E-state index in [4.69, 9.17) is 0 Å². The van der Waals surface area contributed by atoms with Crippen LogP contribution < -0.4 is 10.2 Å². The Morgan fingerprint density at radius 1 is 1.21 bits per heavy atom. The van der Waals surface area contributed by atoms with E-state index in [1.54, 1.807) is 6.07 Å². The number of anilines is 1. The predicted molar refractivity (Wildman–Crippen MR) is 77.2 cm³/mol. The van der Waals surface area contributed by atoms with Crippen molar-refractivity contribution < 1.29 is 4.39 Å². The number of aryl methyl sites for hydroxylation is 1. The van der Waals surface area contributed by atoms with Crippen molar-refractivity contribution in [2.75, 3.05) is 24.5 Å². The predicted octanol–water partition coefficient (Wildman–Crippen LogP) is 3.25. The summed E-state index contributed by atoms with van der Waals surface area (Å²) < 4.78 is 13.8. The molecule has 1 aliphatic heterocycles. The van der Waals surface area contributed by atoms with Crippen LogP contribution in [0.2, 0.25) is 0 Å². The Morgan fingerprint density at radius 2 is 2.00 bits per heavy atom. The quantitative estimate of drug-likeness (QED) is 0.836. The van der Waals surface area contributed by atoms with Crippen molar-refractivity contribution in [2.24, 2.45) is 0 Å². The molecular weight excluding hydrogens is 239 g/mol. The maximum atomic E-state index is 13.8. The van der Waals surface area contributed by atoms with Crippen molar-refractivity contribution in [3.05, 3.63) is 29.6 Å². The topological polar surface area (TPSA) is 15.3 Å². The molecule has 2 nitrogen and oxygen atoms in total. The van der Waals surface area contributed by atoms with Crippen LogP contribution in [0.4, 0.5) is 10.1 Å². The summed E-state index contributed by atoms with van der Waals surface area (Å²) in [6, 6.07) is 5.65. The van der Waals surface area contributed by atoms with E-state index in [9.17, 15) is 4.39 Å². The van der Waals surface area contributed by atoms with E-state index in [1.807, 2.05) is 13.0 Å². The fourth-order valence-electron chi connectivity index (χ4n) is 3.51. The van der Waals surface area contributed by atoms with Crippen molar-refractivity contribution in [1.82, 2.24) is 5.32 Å². The van der Waals surface area contributed by atoms with Crippen LogP contribution in [0.1, 0.15) is 37.7 Å². The summed E-state index contributed by atoms with van der Waals surface area (Å²) in [6.07, 6.45) is 6.30. The van der Waals surface area contributed by atoms with Gasteiger partial charge in [-0.15, -0.1) is 0 Å². The SMILES string of the molecule is Cc1ccc(N2CCCNC3(CCCC3)C2)cc1F. The lowest BCUT2D eigenvalue weighted by molar-refractivity contribution is 0.354. The smallest absolute Gasteiger partial charge is 0.128 e. The zero-order chi connectivity index (χ0) is 13.3. The van der Waals surface area contributed by atoms with Gasteiger partial charge >= 0.3 is 0 Å². The molecule has 19 heavy (non-hydrogen) atoms. The van der Waals surface area contributed by atoms with Gasteiger partial charge in [0.25, 0.3) is 0 Å². The maximum Gasteiger partial charge on any atom is 0.128 e. The van der Waals surface area contributed by atoms with E-state index < -0.39 is 0 Å². The molecule has 2 fully saturated rings. The molecule has 1 aromatic carbocycles. The molecule has 0 amide bonds. The number of nitrogens with zero attached hydrogens (tertiary/aromatic N) is 1. The molecule has 0 unspecified atom stereocenters. The van der Waals surface area contributed by atoms with Crippen LogP contribution in [0.3, 0.4) is 0 Å². The first-order valence-corrected chi connectivity index (χ1v) is 7.45. The first-order chi connectivity index (χ1) is 9.19. The molecule has 1 saturated carbocycles. The minimum absolute atomic E-state index is 0.0878. The second-order valence-electron chi connectivity index (χ2n) is 6.12. The van der Waals surface area contributed by atoms with Gasteiger partial charge in [-0.2, -0.15) is 0 Å². The Hall–Kier alpha value is -1.09. The summed E-state index contributed by atoms with van der Waals surface area (Å²) in [4.78, 5) is 2.37. The van der Waals surface area contributed by atoms with Crippen molar-refractivity contribution >= 4 is 5.69 Å². The van der Waals surface area contributed by atoms with E-state index in [1.165, 1.54) is 25.7 Å². The van der Waals surface area contributed by atoms with Crippen molar-refractivity contribution in [3.8, 4) is 0 Å². The summed E-state index contributed by atoms with van der Waals surface area (Å²) in [5.41, 5.74) is 2.04. The summed E-state index contributed by atoms with van der Waals surface area (Å²) in [5, 5.41) is 3.75. The molecule has 1 spiro atoms. The van der Waals surface area contributed by atoms with Crippen LogP contribution in [-0.2, 0) is 0 Å². The average molecular weight is 262 g/mol. The van der Waals surface area contributed by atoms with E-state index in [-0.39, 0.29) is 11.4 Å². The maximum absolute atomic E-state index is 13.8. The Bertz CT molecular complexity index is 452. The third-order valence-electron chi connectivity index (χ3n) is 4.68. The number of halogens is 1. The highest BCUT2D eigenvalue weighted by molar-refractivity contribution is 5.49.